The fraction of sp³-hybridized carbons (Fsp3) is 0.105. The first-order valence-electron chi connectivity index (χ1n) is 7.64. The number of hydrogen-bond acceptors (Lipinski definition) is 5. The van der Waals surface area contributed by atoms with Crippen LogP contribution >= 0.6 is 23.1 Å². The van der Waals surface area contributed by atoms with E-state index in [0.717, 1.165) is 16.3 Å². The van der Waals surface area contributed by atoms with Crippen molar-refractivity contribution in [2.24, 2.45) is 0 Å². The summed E-state index contributed by atoms with van der Waals surface area (Å²) in [5, 5.41) is 4.85. The standard InChI is InChI=1S/C19H16N2O2S2/c1-13(22)15-3-2-4-16(9-15)21-19(23)14-5-7-18(8-6-14)25-11-17-10-24-12-20-17/h2-10,12H,11H2,1H3,(H,21,23). The molecule has 0 bridgehead atoms. The maximum absolute atomic E-state index is 12.3. The van der Waals surface area contributed by atoms with E-state index < -0.39 is 0 Å². The van der Waals surface area contributed by atoms with Crippen molar-refractivity contribution in [2.75, 3.05) is 5.32 Å². The summed E-state index contributed by atoms with van der Waals surface area (Å²) in [7, 11) is 0. The predicted molar refractivity (Wildman–Crippen MR) is 103 cm³/mol. The summed E-state index contributed by atoms with van der Waals surface area (Å²) in [6.07, 6.45) is 0. The fourth-order valence-electron chi connectivity index (χ4n) is 2.19. The summed E-state index contributed by atoms with van der Waals surface area (Å²) in [4.78, 5) is 29.1. The predicted octanol–water partition coefficient (Wildman–Crippen LogP) is 4.89. The molecule has 3 rings (SSSR count). The topological polar surface area (TPSA) is 59.1 Å². The van der Waals surface area contributed by atoms with Crippen LogP contribution in [0.2, 0.25) is 0 Å². The molecule has 0 aliphatic heterocycles. The molecule has 6 heteroatoms. The van der Waals surface area contributed by atoms with E-state index in [1.54, 1.807) is 59.5 Å². The smallest absolute Gasteiger partial charge is 0.255 e. The van der Waals surface area contributed by atoms with Gasteiger partial charge in [-0.25, -0.2) is 4.98 Å². The van der Waals surface area contributed by atoms with Gasteiger partial charge in [-0.05, 0) is 43.3 Å². The first kappa shape index (κ1) is 17.4. The average molecular weight is 368 g/mol. The Morgan fingerprint density at radius 3 is 2.60 bits per heavy atom. The van der Waals surface area contributed by atoms with Crippen molar-refractivity contribution in [2.45, 2.75) is 17.6 Å². The third kappa shape index (κ3) is 4.78. The highest BCUT2D eigenvalue weighted by atomic mass is 32.2. The minimum Gasteiger partial charge on any atom is -0.322 e. The second kappa shape index (κ2) is 8.09. The summed E-state index contributed by atoms with van der Waals surface area (Å²) in [5.41, 5.74) is 4.64. The zero-order valence-electron chi connectivity index (χ0n) is 13.6. The first-order valence-corrected chi connectivity index (χ1v) is 9.57. The molecule has 2 aromatic carbocycles. The van der Waals surface area contributed by atoms with E-state index in [0.29, 0.717) is 16.8 Å². The lowest BCUT2D eigenvalue weighted by Crippen LogP contribution is -2.12. The molecule has 4 nitrogen and oxygen atoms in total. The number of carbonyl (C=O) groups is 2. The lowest BCUT2D eigenvalue weighted by atomic mass is 10.1. The van der Waals surface area contributed by atoms with Gasteiger partial charge in [-0.15, -0.1) is 23.1 Å². The van der Waals surface area contributed by atoms with Gasteiger partial charge in [0.25, 0.3) is 5.91 Å². The highest BCUT2D eigenvalue weighted by Crippen LogP contribution is 2.23. The molecule has 0 aliphatic rings. The van der Waals surface area contributed by atoms with E-state index in [2.05, 4.69) is 10.3 Å². The van der Waals surface area contributed by atoms with Gasteiger partial charge in [-0.3, -0.25) is 9.59 Å². The average Bonchev–Trinajstić information content (AvgIpc) is 3.14. The van der Waals surface area contributed by atoms with Gasteiger partial charge in [0.1, 0.15) is 0 Å². The highest BCUT2D eigenvalue weighted by Gasteiger charge is 2.08. The Kier molecular flexibility index (Phi) is 5.63. The summed E-state index contributed by atoms with van der Waals surface area (Å²) in [5.74, 6) is 0.585. The number of hydrogen-bond donors (Lipinski definition) is 1. The summed E-state index contributed by atoms with van der Waals surface area (Å²) in [6.45, 7) is 1.50. The van der Waals surface area contributed by atoms with Crippen LogP contribution in [-0.4, -0.2) is 16.7 Å². The second-order valence-electron chi connectivity index (χ2n) is 5.38. The van der Waals surface area contributed by atoms with Crippen LogP contribution in [0, 0.1) is 0 Å². The molecule has 126 valence electrons. The molecule has 0 fully saturated rings. The van der Waals surface area contributed by atoms with Gasteiger partial charge in [0.15, 0.2) is 5.78 Å². The number of thiazole rings is 1. The minimum atomic E-state index is -0.197. The zero-order valence-corrected chi connectivity index (χ0v) is 15.2. The minimum absolute atomic E-state index is 0.0300. The number of aromatic nitrogens is 1. The third-order valence-corrected chi connectivity index (χ3v) is 5.19. The van der Waals surface area contributed by atoms with Gasteiger partial charge in [-0.1, -0.05) is 12.1 Å². The van der Waals surface area contributed by atoms with E-state index >= 15 is 0 Å². The highest BCUT2D eigenvalue weighted by molar-refractivity contribution is 7.98. The number of amides is 1. The van der Waals surface area contributed by atoms with Crippen molar-refractivity contribution in [3.05, 3.63) is 76.2 Å². The van der Waals surface area contributed by atoms with Gasteiger partial charge in [0, 0.05) is 32.8 Å². The molecule has 0 atom stereocenters. The molecule has 1 N–H and O–H groups in total. The molecule has 0 spiro atoms. The number of benzene rings is 2. The van der Waals surface area contributed by atoms with Crippen LogP contribution < -0.4 is 5.32 Å². The molecule has 0 saturated heterocycles. The fourth-order valence-corrected chi connectivity index (χ4v) is 3.65. The van der Waals surface area contributed by atoms with Crippen molar-refractivity contribution in [1.82, 2.24) is 4.98 Å². The van der Waals surface area contributed by atoms with Crippen LogP contribution in [-0.2, 0) is 5.75 Å². The molecular weight excluding hydrogens is 352 g/mol. The lowest BCUT2D eigenvalue weighted by molar-refractivity contribution is 0.101. The molecular formula is C19H16N2O2S2. The first-order chi connectivity index (χ1) is 12.1. The van der Waals surface area contributed by atoms with E-state index in [-0.39, 0.29) is 11.7 Å². The summed E-state index contributed by atoms with van der Waals surface area (Å²) in [6, 6.07) is 14.4. The number of ketones is 1. The largest absolute Gasteiger partial charge is 0.322 e. The number of thioether (sulfide) groups is 1. The molecule has 0 aliphatic carbocycles. The van der Waals surface area contributed by atoms with Crippen molar-refractivity contribution in [3.63, 3.8) is 0 Å². The Balaban J connectivity index is 1.62. The Bertz CT molecular complexity index is 875. The normalized spacial score (nSPS) is 10.4. The van der Waals surface area contributed by atoms with E-state index in [4.69, 9.17) is 0 Å². The van der Waals surface area contributed by atoms with Gasteiger partial charge in [0.2, 0.25) is 0 Å². The van der Waals surface area contributed by atoms with Crippen molar-refractivity contribution in [1.29, 1.82) is 0 Å². The monoisotopic (exact) mass is 368 g/mol. The van der Waals surface area contributed by atoms with E-state index in [9.17, 15) is 9.59 Å². The molecule has 3 aromatic rings. The number of rotatable bonds is 6. The number of anilines is 1. The number of carbonyl (C=O) groups excluding carboxylic acids is 2. The van der Waals surface area contributed by atoms with Crippen LogP contribution in [0.3, 0.4) is 0 Å². The van der Waals surface area contributed by atoms with Crippen LogP contribution in [0.1, 0.15) is 33.3 Å². The summed E-state index contributed by atoms with van der Waals surface area (Å²) >= 11 is 3.27. The van der Waals surface area contributed by atoms with Gasteiger partial charge in [0.05, 0.1) is 11.2 Å². The van der Waals surface area contributed by atoms with E-state index in [1.807, 2.05) is 23.0 Å². The zero-order chi connectivity index (χ0) is 17.6. The molecule has 1 aromatic heterocycles. The SMILES string of the molecule is CC(=O)c1cccc(NC(=O)c2ccc(SCc3cscn3)cc2)c1. The van der Waals surface area contributed by atoms with Crippen molar-refractivity contribution < 1.29 is 9.59 Å². The Morgan fingerprint density at radius 2 is 1.92 bits per heavy atom. The van der Waals surface area contributed by atoms with E-state index in [1.165, 1.54) is 6.92 Å². The molecule has 0 saturated carbocycles. The summed E-state index contributed by atoms with van der Waals surface area (Å²) < 4.78 is 0. The lowest BCUT2D eigenvalue weighted by Gasteiger charge is -2.07. The quantitative estimate of drug-likeness (QED) is 0.497. The van der Waals surface area contributed by atoms with Crippen LogP contribution in [0.4, 0.5) is 5.69 Å². The molecule has 0 unspecified atom stereocenters. The Hall–Kier alpha value is -2.44. The van der Waals surface area contributed by atoms with Crippen molar-refractivity contribution in [3.8, 4) is 0 Å². The molecule has 0 radical (unpaired) electrons. The Labute approximate surface area is 154 Å². The number of Topliss-reactive ketones (excluding diaryl/α,β-unsaturated/α-hetero) is 1. The maximum atomic E-state index is 12.3. The van der Waals surface area contributed by atoms with Crippen molar-refractivity contribution >= 4 is 40.5 Å². The van der Waals surface area contributed by atoms with Gasteiger partial charge < -0.3 is 5.32 Å². The van der Waals surface area contributed by atoms with Crippen LogP contribution in [0.5, 0.6) is 0 Å². The maximum Gasteiger partial charge on any atom is 0.255 e. The van der Waals surface area contributed by atoms with Gasteiger partial charge >= 0.3 is 0 Å². The van der Waals surface area contributed by atoms with Crippen LogP contribution in [0.15, 0.2) is 64.3 Å². The molecule has 25 heavy (non-hydrogen) atoms. The van der Waals surface area contributed by atoms with Crippen LogP contribution in [0.25, 0.3) is 0 Å². The Morgan fingerprint density at radius 1 is 1.12 bits per heavy atom. The third-order valence-electron chi connectivity index (χ3n) is 3.51. The number of nitrogens with one attached hydrogen (secondary N) is 1. The van der Waals surface area contributed by atoms with Gasteiger partial charge in [-0.2, -0.15) is 0 Å². The number of nitrogens with zero attached hydrogens (tertiary/aromatic N) is 1. The molecule has 1 heterocycles. The second-order valence-corrected chi connectivity index (χ2v) is 7.15. The molecule has 1 amide bonds.